The van der Waals surface area contributed by atoms with Crippen molar-refractivity contribution in [2.45, 2.75) is 78.6 Å². The SMILES string of the molecule is CC=C[C@@H](C)C[C@H](CC(=O)OC(C)(C)C)N(Cc1ccccc1)C(C)c1ccccc1. The van der Waals surface area contributed by atoms with Gasteiger partial charge in [-0.2, -0.15) is 0 Å². The minimum Gasteiger partial charge on any atom is -0.460 e. The van der Waals surface area contributed by atoms with E-state index in [4.69, 9.17) is 4.74 Å². The lowest BCUT2D eigenvalue weighted by atomic mass is 9.94. The van der Waals surface area contributed by atoms with Crippen LogP contribution in [-0.4, -0.2) is 22.5 Å². The first-order valence-electron chi connectivity index (χ1n) is 11.4. The predicted octanol–water partition coefficient (Wildman–Crippen LogP) is 6.95. The molecule has 3 heteroatoms. The molecule has 0 aliphatic rings. The molecule has 0 heterocycles. The van der Waals surface area contributed by atoms with Gasteiger partial charge in [0.15, 0.2) is 0 Å². The summed E-state index contributed by atoms with van der Waals surface area (Å²) in [5.74, 6) is 0.238. The summed E-state index contributed by atoms with van der Waals surface area (Å²) in [5.41, 5.74) is 2.02. The highest BCUT2D eigenvalue weighted by Crippen LogP contribution is 2.30. The van der Waals surface area contributed by atoms with Gasteiger partial charge in [-0.05, 0) is 58.1 Å². The van der Waals surface area contributed by atoms with E-state index in [0.29, 0.717) is 12.3 Å². The zero-order chi connectivity index (χ0) is 22.9. The molecule has 31 heavy (non-hydrogen) atoms. The number of rotatable bonds is 10. The van der Waals surface area contributed by atoms with E-state index in [9.17, 15) is 4.79 Å². The lowest BCUT2D eigenvalue weighted by Gasteiger charge is -2.38. The average molecular weight is 422 g/mol. The van der Waals surface area contributed by atoms with Gasteiger partial charge in [-0.1, -0.05) is 79.7 Å². The fourth-order valence-electron chi connectivity index (χ4n) is 4.05. The molecule has 0 saturated heterocycles. The molecule has 0 spiro atoms. The Bertz CT molecular complexity index is 808. The number of hydrogen-bond donors (Lipinski definition) is 0. The molecule has 3 nitrogen and oxygen atoms in total. The van der Waals surface area contributed by atoms with Crippen molar-refractivity contribution in [2.24, 2.45) is 5.92 Å². The van der Waals surface area contributed by atoms with E-state index in [-0.39, 0.29) is 18.1 Å². The molecule has 0 radical (unpaired) electrons. The van der Waals surface area contributed by atoms with E-state index in [1.165, 1.54) is 11.1 Å². The number of ether oxygens (including phenoxy) is 1. The fourth-order valence-corrected chi connectivity index (χ4v) is 4.05. The molecule has 0 aromatic heterocycles. The first-order chi connectivity index (χ1) is 14.7. The van der Waals surface area contributed by atoms with Crippen LogP contribution in [0.4, 0.5) is 0 Å². The van der Waals surface area contributed by atoms with Crippen LogP contribution in [0.25, 0.3) is 0 Å². The average Bonchev–Trinajstić information content (AvgIpc) is 2.71. The Labute approximate surface area is 189 Å². The van der Waals surface area contributed by atoms with Gasteiger partial charge in [0.1, 0.15) is 5.60 Å². The standard InChI is InChI=1S/C28H39NO2/c1-7-14-22(2)19-26(20-27(30)31-28(4,5)6)29(21-24-15-10-8-11-16-24)23(3)25-17-12-9-13-18-25/h7-18,22-23,26H,19-21H2,1-6H3/t22-,23?,26-/m1/s1. The summed E-state index contributed by atoms with van der Waals surface area (Å²) in [6.07, 6.45) is 5.59. The summed E-state index contributed by atoms with van der Waals surface area (Å²) < 4.78 is 5.71. The molecule has 0 fully saturated rings. The van der Waals surface area contributed by atoms with Crippen LogP contribution in [0.15, 0.2) is 72.8 Å². The van der Waals surface area contributed by atoms with Crippen molar-refractivity contribution < 1.29 is 9.53 Å². The molecule has 3 atom stereocenters. The number of carbonyl (C=O) groups is 1. The number of nitrogens with zero attached hydrogens (tertiary/aromatic N) is 1. The lowest BCUT2D eigenvalue weighted by molar-refractivity contribution is -0.156. The molecule has 2 aromatic rings. The van der Waals surface area contributed by atoms with Gasteiger partial charge in [0, 0.05) is 18.6 Å². The third kappa shape index (κ3) is 8.70. The van der Waals surface area contributed by atoms with Gasteiger partial charge in [-0.3, -0.25) is 9.69 Å². The monoisotopic (exact) mass is 421 g/mol. The van der Waals surface area contributed by atoms with Crippen molar-refractivity contribution in [1.29, 1.82) is 0 Å². The van der Waals surface area contributed by atoms with Crippen molar-refractivity contribution in [3.05, 3.63) is 83.9 Å². The Morgan fingerprint density at radius 2 is 1.58 bits per heavy atom. The van der Waals surface area contributed by atoms with Crippen LogP contribution in [-0.2, 0) is 16.1 Å². The van der Waals surface area contributed by atoms with Crippen LogP contribution in [0.2, 0.25) is 0 Å². The maximum atomic E-state index is 12.9. The molecule has 2 rings (SSSR count). The number of allylic oxidation sites excluding steroid dienone is 2. The molecule has 1 unspecified atom stereocenters. The van der Waals surface area contributed by atoms with Gasteiger partial charge in [0.05, 0.1) is 6.42 Å². The summed E-state index contributed by atoms with van der Waals surface area (Å²) in [6, 6.07) is 21.3. The van der Waals surface area contributed by atoms with Crippen LogP contribution in [0, 0.1) is 5.92 Å². The largest absolute Gasteiger partial charge is 0.460 e. The third-order valence-electron chi connectivity index (χ3n) is 5.44. The summed E-state index contributed by atoms with van der Waals surface area (Å²) >= 11 is 0. The van der Waals surface area contributed by atoms with Crippen molar-refractivity contribution in [1.82, 2.24) is 4.90 Å². The first kappa shape index (κ1) is 24.9. The van der Waals surface area contributed by atoms with Gasteiger partial charge in [0.25, 0.3) is 0 Å². The van der Waals surface area contributed by atoms with Crippen LogP contribution >= 0.6 is 0 Å². The minimum atomic E-state index is -0.480. The maximum absolute atomic E-state index is 12.9. The van der Waals surface area contributed by atoms with Gasteiger partial charge >= 0.3 is 5.97 Å². The van der Waals surface area contributed by atoms with E-state index in [1.54, 1.807) is 0 Å². The predicted molar refractivity (Wildman–Crippen MR) is 130 cm³/mol. The van der Waals surface area contributed by atoms with E-state index < -0.39 is 5.60 Å². The van der Waals surface area contributed by atoms with E-state index in [1.807, 2.05) is 39.8 Å². The molecular formula is C28H39NO2. The highest BCUT2D eigenvalue weighted by molar-refractivity contribution is 5.70. The van der Waals surface area contributed by atoms with E-state index in [2.05, 4.69) is 79.4 Å². The molecule has 0 amide bonds. The smallest absolute Gasteiger partial charge is 0.307 e. The zero-order valence-electron chi connectivity index (χ0n) is 20.0. The number of hydrogen-bond acceptors (Lipinski definition) is 3. The molecule has 0 saturated carbocycles. The lowest BCUT2D eigenvalue weighted by Crippen LogP contribution is -2.40. The molecule has 0 aliphatic heterocycles. The summed E-state index contributed by atoms with van der Waals surface area (Å²) in [6.45, 7) is 13.1. The molecule has 0 bridgehead atoms. The second-order valence-corrected chi connectivity index (χ2v) is 9.43. The second kappa shape index (κ2) is 11.9. The number of benzene rings is 2. The normalized spacial score (nSPS) is 15.1. The second-order valence-electron chi connectivity index (χ2n) is 9.43. The van der Waals surface area contributed by atoms with Gasteiger partial charge < -0.3 is 4.74 Å². The van der Waals surface area contributed by atoms with Crippen molar-refractivity contribution in [2.75, 3.05) is 0 Å². The van der Waals surface area contributed by atoms with E-state index >= 15 is 0 Å². The van der Waals surface area contributed by atoms with E-state index in [0.717, 1.165) is 13.0 Å². The van der Waals surface area contributed by atoms with Crippen LogP contribution in [0.3, 0.4) is 0 Å². The highest BCUT2D eigenvalue weighted by atomic mass is 16.6. The van der Waals surface area contributed by atoms with Gasteiger partial charge in [-0.15, -0.1) is 0 Å². The third-order valence-corrected chi connectivity index (χ3v) is 5.44. The Kier molecular flexibility index (Phi) is 9.51. The molecule has 0 aliphatic carbocycles. The number of carbonyl (C=O) groups excluding carboxylic acids is 1. The summed E-state index contributed by atoms with van der Waals surface area (Å²) in [5, 5.41) is 0. The van der Waals surface area contributed by atoms with Crippen molar-refractivity contribution >= 4 is 5.97 Å². The maximum Gasteiger partial charge on any atom is 0.307 e. The Morgan fingerprint density at radius 3 is 2.13 bits per heavy atom. The molecule has 168 valence electrons. The first-order valence-corrected chi connectivity index (χ1v) is 11.4. The Hall–Kier alpha value is -2.39. The molecular weight excluding hydrogens is 382 g/mol. The van der Waals surface area contributed by atoms with Crippen LogP contribution in [0.5, 0.6) is 0 Å². The summed E-state index contributed by atoms with van der Waals surface area (Å²) in [7, 11) is 0. The Balaban J connectivity index is 2.37. The topological polar surface area (TPSA) is 29.5 Å². The molecule has 0 N–H and O–H groups in total. The minimum absolute atomic E-state index is 0.0662. The van der Waals surface area contributed by atoms with Crippen LogP contribution in [0.1, 0.15) is 71.6 Å². The Morgan fingerprint density at radius 1 is 1.00 bits per heavy atom. The quantitative estimate of drug-likeness (QED) is 0.307. The van der Waals surface area contributed by atoms with Crippen molar-refractivity contribution in [3.8, 4) is 0 Å². The number of esters is 1. The molecule has 2 aromatic carbocycles. The fraction of sp³-hybridized carbons (Fsp3) is 0.464. The van der Waals surface area contributed by atoms with Crippen LogP contribution < -0.4 is 0 Å². The van der Waals surface area contributed by atoms with Gasteiger partial charge in [-0.25, -0.2) is 0 Å². The highest BCUT2D eigenvalue weighted by Gasteiger charge is 2.29. The zero-order valence-corrected chi connectivity index (χ0v) is 20.0. The van der Waals surface area contributed by atoms with Gasteiger partial charge in [0.2, 0.25) is 0 Å². The van der Waals surface area contributed by atoms with Crippen molar-refractivity contribution in [3.63, 3.8) is 0 Å². The summed E-state index contributed by atoms with van der Waals surface area (Å²) in [4.78, 5) is 15.3.